The molecule has 1 aromatic rings. The van der Waals surface area contributed by atoms with Crippen molar-refractivity contribution in [3.8, 4) is 5.75 Å². The Labute approximate surface area is 125 Å². The number of aliphatic hydroxyl groups is 1. The molecule has 1 amide bonds. The van der Waals surface area contributed by atoms with Crippen LogP contribution in [0.25, 0.3) is 0 Å². The summed E-state index contributed by atoms with van der Waals surface area (Å²) < 4.78 is 5.90. The minimum absolute atomic E-state index is 0.124. The Morgan fingerprint density at radius 1 is 1.38 bits per heavy atom. The van der Waals surface area contributed by atoms with E-state index in [2.05, 4.69) is 10.6 Å². The predicted octanol–water partition coefficient (Wildman–Crippen LogP) is 2.22. The van der Waals surface area contributed by atoms with E-state index in [4.69, 9.17) is 4.74 Å². The number of amides is 1. The zero-order valence-corrected chi connectivity index (χ0v) is 13.2. The standard InChI is InChI=1S/C16H24N2O3/c1-9(2)17-14-12-8-11(18-10(3)19)6-7-13(12)21-16(4,5)15(14)20/h6-9,14-15,17,20H,1-5H3,(H,18,19)/t14-,15+/m1/s1. The van der Waals surface area contributed by atoms with Crippen molar-refractivity contribution in [1.29, 1.82) is 0 Å². The molecule has 2 rings (SSSR count). The van der Waals surface area contributed by atoms with Crippen molar-refractivity contribution in [2.24, 2.45) is 0 Å². The van der Waals surface area contributed by atoms with Gasteiger partial charge in [-0.2, -0.15) is 0 Å². The smallest absolute Gasteiger partial charge is 0.221 e. The molecule has 0 aromatic heterocycles. The fraction of sp³-hybridized carbons (Fsp3) is 0.562. The summed E-state index contributed by atoms with van der Waals surface area (Å²) in [5.41, 5.74) is 0.892. The predicted molar refractivity (Wildman–Crippen MR) is 82.5 cm³/mol. The summed E-state index contributed by atoms with van der Waals surface area (Å²) in [4.78, 5) is 11.2. The second kappa shape index (κ2) is 5.66. The highest BCUT2D eigenvalue weighted by Crippen LogP contribution is 2.41. The van der Waals surface area contributed by atoms with Crippen LogP contribution in [0.15, 0.2) is 18.2 Å². The number of fused-ring (bicyclic) bond motifs is 1. The molecule has 0 radical (unpaired) electrons. The highest BCUT2D eigenvalue weighted by molar-refractivity contribution is 5.88. The molecule has 116 valence electrons. The third kappa shape index (κ3) is 3.36. The van der Waals surface area contributed by atoms with Gasteiger partial charge in [0.05, 0.1) is 6.04 Å². The fourth-order valence-corrected chi connectivity index (χ4v) is 2.62. The average molecular weight is 292 g/mol. The summed E-state index contributed by atoms with van der Waals surface area (Å²) in [6, 6.07) is 5.48. The molecule has 2 atom stereocenters. The summed E-state index contributed by atoms with van der Waals surface area (Å²) in [5.74, 6) is 0.610. The molecule has 1 aliphatic rings. The van der Waals surface area contributed by atoms with Gasteiger partial charge in [0.15, 0.2) is 0 Å². The van der Waals surface area contributed by atoms with Crippen LogP contribution >= 0.6 is 0 Å². The molecule has 5 heteroatoms. The van der Waals surface area contributed by atoms with Gasteiger partial charge in [-0.1, -0.05) is 13.8 Å². The minimum Gasteiger partial charge on any atom is -0.485 e. The lowest BCUT2D eigenvalue weighted by atomic mass is 9.86. The number of hydrogen-bond donors (Lipinski definition) is 3. The molecule has 0 fully saturated rings. The molecule has 0 bridgehead atoms. The average Bonchev–Trinajstić information content (AvgIpc) is 2.34. The van der Waals surface area contributed by atoms with Crippen molar-refractivity contribution >= 4 is 11.6 Å². The van der Waals surface area contributed by atoms with Crippen LogP contribution in [0.3, 0.4) is 0 Å². The normalized spacial score (nSPS) is 23.4. The molecule has 0 spiro atoms. The monoisotopic (exact) mass is 292 g/mol. The van der Waals surface area contributed by atoms with Crippen molar-refractivity contribution in [3.05, 3.63) is 23.8 Å². The second-order valence-electron chi connectivity index (χ2n) is 6.38. The van der Waals surface area contributed by atoms with Crippen molar-refractivity contribution < 1.29 is 14.6 Å². The van der Waals surface area contributed by atoms with Gasteiger partial charge in [-0.15, -0.1) is 0 Å². The van der Waals surface area contributed by atoms with Crippen LogP contribution in [0.4, 0.5) is 5.69 Å². The number of aliphatic hydroxyl groups excluding tert-OH is 1. The van der Waals surface area contributed by atoms with Gasteiger partial charge < -0.3 is 20.5 Å². The number of rotatable bonds is 3. The first-order valence-electron chi connectivity index (χ1n) is 7.25. The van der Waals surface area contributed by atoms with Crippen LogP contribution < -0.4 is 15.4 Å². The van der Waals surface area contributed by atoms with E-state index in [1.54, 1.807) is 6.07 Å². The Bertz CT molecular complexity index is 540. The van der Waals surface area contributed by atoms with Gasteiger partial charge in [0, 0.05) is 24.2 Å². The Morgan fingerprint density at radius 3 is 2.62 bits per heavy atom. The fourth-order valence-electron chi connectivity index (χ4n) is 2.62. The van der Waals surface area contributed by atoms with Crippen LogP contribution in [0.1, 0.15) is 46.2 Å². The summed E-state index contributed by atoms with van der Waals surface area (Å²) >= 11 is 0. The molecule has 1 aromatic carbocycles. The van der Waals surface area contributed by atoms with Gasteiger partial charge in [0.25, 0.3) is 0 Å². The number of nitrogens with one attached hydrogen (secondary N) is 2. The first-order valence-corrected chi connectivity index (χ1v) is 7.25. The van der Waals surface area contributed by atoms with Gasteiger partial charge in [0.1, 0.15) is 17.5 Å². The molecule has 1 heterocycles. The highest BCUT2D eigenvalue weighted by atomic mass is 16.5. The number of carbonyl (C=O) groups excluding carboxylic acids is 1. The lowest BCUT2D eigenvalue weighted by Crippen LogP contribution is -2.53. The van der Waals surface area contributed by atoms with Crippen LogP contribution in [-0.2, 0) is 4.79 Å². The van der Waals surface area contributed by atoms with E-state index < -0.39 is 11.7 Å². The van der Waals surface area contributed by atoms with Crippen LogP contribution in [0.2, 0.25) is 0 Å². The quantitative estimate of drug-likeness (QED) is 0.799. The lowest BCUT2D eigenvalue weighted by molar-refractivity contribution is -0.114. The maximum absolute atomic E-state index is 11.2. The van der Waals surface area contributed by atoms with E-state index in [-0.39, 0.29) is 18.0 Å². The second-order valence-corrected chi connectivity index (χ2v) is 6.38. The first kappa shape index (κ1) is 15.8. The van der Waals surface area contributed by atoms with Gasteiger partial charge in [-0.3, -0.25) is 4.79 Å². The number of anilines is 1. The molecule has 21 heavy (non-hydrogen) atoms. The Balaban J connectivity index is 2.43. The van der Waals surface area contributed by atoms with Crippen LogP contribution in [0, 0.1) is 0 Å². The molecule has 0 saturated carbocycles. The molecule has 0 unspecified atom stereocenters. The van der Waals surface area contributed by atoms with Gasteiger partial charge in [0.2, 0.25) is 5.91 Å². The van der Waals surface area contributed by atoms with E-state index in [1.807, 2.05) is 39.8 Å². The maximum atomic E-state index is 11.2. The number of hydrogen-bond acceptors (Lipinski definition) is 4. The van der Waals surface area contributed by atoms with E-state index in [1.165, 1.54) is 6.92 Å². The molecule has 1 aliphatic heterocycles. The Morgan fingerprint density at radius 2 is 2.05 bits per heavy atom. The van der Waals surface area contributed by atoms with Crippen molar-refractivity contribution in [2.45, 2.75) is 58.4 Å². The topological polar surface area (TPSA) is 70.6 Å². The van der Waals surface area contributed by atoms with E-state index in [9.17, 15) is 9.90 Å². The first-order chi connectivity index (χ1) is 9.70. The van der Waals surface area contributed by atoms with Gasteiger partial charge >= 0.3 is 0 Å². The Hall–Kier alpha value is -1.59. The minimum atomic E-state index is -0.681. The summed E-state index contributed by atoms with van der Waals surface area (Å²) in [6.07, 6.45) is -0.681. The zero-order valence-electron chi connectivity index (χ0n) is 13.2. The molecular weight excluding hydrogens is 268 g/mol. The van der Waals surface area contributed by atoms with Gasteiger partial charge in [-0.25, -0.2) is 0 Å². The summed E-state index contributed by atoms with van der Waals surface area (Å²) in [6.45, 7) is 9.28. The lowest BCUT2D eigenvalue weighted by Gasteiger charge is -2.43. The third-order valence-corrected chi connectivity index (χ3v) is 3.58. The van der Waals surface area contributed by atoms with Crippen molar-refractivity contribution in [2.75, 3.05) is 5.32 Å². The van der Waals surface area contributed by atoms with E-state index in [0.29, 0.717) is 5.69 Å². The summed E-state index contributed by atoms with van der Waals surface area (Å²) in [7, 11) is 0. The molecule has 0 saturated heterocycles. The van der Waals surface area contributed by atoms with E-state index in [0.717, 1.165) is 11.3 Å². The number of ether oxygens (including phenoxy) is 1. The molecule has 0 aliphatic carbocycles. The van der Waals surface area contributed by atoms with Gasteiger partial charge in [-0.05, 0) is 32.0 Å². The summed E-state index contributed by atoms with van der Waals surface area (Å²) in [5, 5.41) is 16.7. The zero-order chi connectivity index (χ0) is 15.8. The number of carbonyl (C=O) groups is 1. The SMILES string of the molecule is CC(=O)Nc1ccc2c(c1)[C@@H](NC(C)C)[C@H](O)C(C)(C)O2. The van der Waals surface area contributed by atoms with Crippen molar-refractivity contribution in [3.63, 3.8) is 0 Å². The molecular formula is C16H24N2O3. The maximum Gasteiger partial charge on any atom is 0.221 e. The largest absolute Gasteiger partial charge is 0.485 e. The highest BCUT2D eigenvalue weighted by Gasteiger charge is 2.43. The van der Waals surface area contributed by atoms with E-state index >= 15 is 0 Å². The third-order valence-electron chi connectivity index (χ3n) is 3.58. The Kier molecular flexibility index (Phi) is 4.25. The van der Waals surface area contributed by atoms with Crippen LogP contribution in [-0.4, -0.2) is 28.8 Å². The number of benzene rings is 1. The van der Waals surface area contributed by atoms with Crippen LogP contribution in [0.5, 0.6) is 5.75 Å². The molecule has 3 N–H and O–H groups in total. The van der Waals surface area contributed by atoms with Crippen molar-refractivity contribution in [1.82, 2.24) is 5.32 Å². The molecule has 5 nitrogen and oxygen atoms in total.